The van der Waals surface area contributed by atoms with Crippen molar-refractivity contribution in [1.29, 1.82) is 0 Å². The first kappa shape index (κ1) is 16.2. The average molecular weight is 343 g/mol. The van der Waals surface area contributed by atoms with Crippen molar-refractivity contribution in [3.63, 3.8) is 0 Å². The quantitative estimate of drug-likeness (QED) is 0.690. The number of nitrogens with zero attached hydrogens (tertiary/aromatic N) is 2. The highest BCUT2D eigenvalue weighted by atomic mass is 35.5. The molecule has 0 amide bonds. The molecule has 2 aromatic carbocycles. The molecule has 3 aromatic rings. The summed E-state index contributed by atoms with van der Waals surface area (Å²) in [4.78, 5) is 8.81. The van der Waals surface area contributed by atoms with Crippen molar-refractivity contribution in [2.75, 3.05) is 10.6 Å². The SMILES string of the molecule is Cc1cc(NCc2ccc(F)cc2)nc(Nc2cccc(Cl)c2)n1. The summed E-state index contributed by atoms with van der Waals surface area (Å²) in [5.41, 5.74) is 2.62. The highest BCUT2D eigenvalue weighted by Crippen LogP contribution is 2.19. The molecule has 3 rings (SSSR count). The number of rotatable bonds is 5. The molecule has 0 aliphatic rings. The van der Waals surface area contributed by atoms with Crippen molar-refractivity contribution in [2.45, 2.75) is 13.5 Å². The van der Waals surface area contributed by atoms with Gasteiger partial charge < -0.3 is 10.6 Å². The van der Waals surface area contributed by atoms with Gasteiger partial charge in [0.1, 0.15) is 11.6 Å². The second-order valence-corrected chi connectivity index (χ2v) is 5.77. The molecule has 24 heavy (non-hydrogen) atoms. The Labute approximate surface area is 144 Å². The molecule has 1 heterocycles. The lowest BCUT2D eigenvalue weighted by molar-refractivity contribution is 0.627. The van der Waals surface area contributed by atoms with E-state index in [-0.39, 0.29) is 5.82 Å². The summed E-state index contributed by atoms with van der Waals surface area (Å²) in [5, 5.41) is 7.00. The Bertz CT molecular complexity index is 837. The maximum absolute atomic E-state index is 12.9. The Hall–Kier alpha value is -2.66. The molecule has 0 radical (unpaired) electrons. The Balaban J connectivity index is 1.72. The number of anilines is 3. The molecule has 0 spiro atoms. The highest BCUT2D eigenvalue weighted by molar-refractivity contribution is 6.30. The molecule has 0 unspecified atom stereocenters. The number of aryl methyl sites for hydroxylation is 1. The maximum atomic E-state index is 12.9. The summed E-state index contributed by atoms with van der Waals surface area (Å²) in [5.74, 6) is 0.930. The summed E-state index contributed by atoms with van der Waals surface area (Å²) >= 11 is 5.98. The van der Waals surface area contributed by atoms with Crippen LogP contribution in [-0.2, 0) is 6.54 Å². The van der Waals surface area contributed by atoms with E-state index in [4.69, 9.17) is 11.6 Å². The number of hydrogen-bond acceptors (Lipinski definition) is 4. The molecule has 0 atom stereocenters. The molecule has 0 aliphatic carbocycles. The first-order chi connectivity index (χ1) is 11.6. The summed E-state index contributed by atoms with van der Waals surface area (Å²) < 4.78 is 12.9. The number of hydrogen-bond donors (Lipinski definition) is 2. The van der Waals surface area contributed by atoms with Crippen molar-refractivity contribution in [3.8, 4) is 0 Å². The zero-order chi connectivity index (χ0) is 16.9. The number of nitrogens with one attached hydrogen (secondary N) is 2. The van der Waals surface area contributed by atoms with Gasteiger partial charge in [-0.2, -0.15) is 4.98 Å². The fourth-order valence-electron chi connectivity index (χ4n) is 2.21. The van der Waals surface area contributed by atoms with Crippen LogP contribution in [0.3, 0.4) is 0 Å². The fourth-order valence-corrected chi connectivity index (χ4v) is 2.40. The standard InChI is InChI=1S/C18H16ClFN4/c1-12-9-17(21-11-13-5-7-15(20)8-6-13)24-18(22-12)23-16-4-2-3-14(19)10-16/h2-10H,11H2,1H3,(H2,21,22,23,24). The molecule has 2 N–H and O–H groups in total. The van der Waals surface area contributed by atoms with Gasteiger partial charge in [-0.3, -0.25) is 0 Å². The normalized spacial score (nSPS) is 10.5. The van der Waals surface area contributed by atoms with Crippen LogP contribution in [0.15, 0.2) is 54.6 Å². The molecular weight excluding hydrogens is 327 g/mol. The third kappa shape index (κ3) is 4.43. The van der Waals surface area contributed by atoms with Gasteiger partial charge in [0.15, 0.2) is 0 Å². The minimum Gasteiger partial charge on any atom is -0.366 e. The van der Waals surface area contributed by atoms with Gasteiger partial charge in [0, 0.05) is 29.0 Å². The van der Waals surface area contributed by atoms with Gasteiger partial charge in [0.25, 0.3) is 0 Å². The van der Waals surface area contributed by atoms with E-state index in [1.54, 1.807) is 24.3 Å². The van der Waals surface area contributed by atoms with Gasteiger partial charge in [0.2, 0.25) is 5.95 Å². The van der Waals surface area contributed by atoms with Crippen LogP contribution in [0.25, 0.3) is 0 Å². The van der Waals surface area contributed by atoms with Gasteiger partial charge in [0.05, 0.1) is 0 Å². The smallest absolute Gasteiger partial charge is 0.229 e. The molecule has 6 heteroatoms. The molecule has 0 fully saturated rings. The van der Waals surface area contributed by atoms with Crippen LogP contribution < -0.4 is 10.6 Å². The van der Waals surface area contributed by atoms with E-state index in [0.29, 0.717) is 23.3 Å². The van der Waals surface area contributed by atoms with E-state index in [2.05, 4.69) is 20.6 Å². The summed E-state index contributed by atoms with van der Waals surface area (Å²) in [6.45, 7) is 2.45. The van der Waals surface area contributed by atoms with Crippen LogP contribution in [0.1, 0.15) is 11.3 Å². The van der Waals surface area contributed by atoms with Gasteiger partial charge in [-0.1, -0.05) is 29.8 Å². The molecule has 122 valence electrons. The lowest BCUT2D eigenvalue weighted by atomic mass is 10.2. The number of aromatic nitrogens is 2. The first-order valence-corrected chi connectivity index (χ1v) is 7.83. The fraction of sp³-hybridized carbons (Fsp3) is 0.111. The monoisotopic (exact) mass is 342 g/mol. The summed E-state index contributed by atoms with van der Waals surface area (Å²) in [6, 6.07) is 15.6. The molecular formula is C18H16ClFN4. The second-order valence-electron chi connectivity index (χ2n) is 5.33. The van der Waals surface area contributed by atoms with Crippen LogP contribution in [0.2, 0.25) is 5.02 Å². The summed E-state index contributed by atoms with van der Waals surface area (Å²) in [6.07, 6.45) is 0. The second kappa shape index (κ2) is 7.27. The largest absolute Gasteiger partial charge is 0.366 e. The van der Waals surface area contributed by atoms with Gasteiger partial charge in [-0.15, -0.1) is 0 Å². The van der Waals surface area contributed by atoms with E-state index < -0.39 is 0 Å². The molecule has 4 nitrogen and oxygen atoms in total. The van der Waals surface area contributed by atoms with Gasteiger partial charge in [-0.05, 0) is 42.8 Å². The number of benzene rings is 2. The lowest BCUT2D eigenvalue weighted by Crippen LogP contribution is -2.05. The third-order valence-electron chi connectivity index (χ3n) is 3.32. The molecule has 0 aliphatic heterocycles. The van der Waals surface area contributed by atoms with Gasteiger partial charge in [-0.25, -0.2) is 9.37 Å². The topological polar surface area (TPSA) is 49.8 Å². The molecule has 0 bridgehead atoms. The van der Waals surface area contributed by atoms with Crippen molar-refractivity contribution in [1.82, 2.24) is 9.97 Å². The summed E-state index contributed by atoms with van der Waals surface area (Å²) in [7, 11) is 0. The predicted molar refractivity (Wildman–Crippen MR) is 95.2 cm³/mol. The zero-order valence-electron chi connectivity index (χ0n) is 13.1. The highest BCUT2D eigenvalue weighted by Gasteiger charge is 2.04. The van der Waals surface area contributed by atoms with E-state index in [0.717, 1.165) is 16.9 Å². The van der Waals surface area contributed by atoms with Crippen molar-refractivity contribution in [3.05, 3.63) is 76.7 Å². The Morgan fingerprint density at radius 1 is 1.04 bits per heavy atom. The number of halogens is 2. The van der Waals surface area contributed by atoms with Crippen molar-refractivity contribution in [2.24, 2.45) is 0 Å². The van der Waals surface area contributed by atoms with E-state index in [1.165, 1.54) is 12.1 Å². The van der Waals surface area contributed by atoms with Crippen molar-refractivity contribution >= 4 is 29.1 Å². The minimum atomic E-state index is -0.246. The zero-order valence-corrected chi connectivity index (χ0v) is 13.8. The van der Waals surface area contributed by atoms with Crippen LogP contribution in [-0.4, -0.2) is 9.97 Å². The van der Waals surface area contributed by atoms with E-state index >= 15 is 0 Å². The van der Waals surface area contributed by atoms with Crippen LogP contribution in [0.4, 0.5) is 21.8 Å². The van der Waals surface area contributed by atoms with Gasteiger partial charge >= 0.3 is 0 Å². The molecule has 0 saturated carbocycles. The van der Waals surface area contributed by atoms with Crippen LogP contribution in [0.5, 0.6) is 0 Å². The van der Waals surface area contributed by atoms with E-state index in [9.17, 15) is 4.39 Å². The Morgan fingerprint density at radius 3 is 2.58 bits per heavy atom. The average Bonchev–Trinajstić information content (AvgIpc) is 2.54. The Kier molecular flexibility index (Phi) is 4.91. The van der Waals surface area contributed by atoms with Crippen LogP contribution >= 0.6 is 11.6 Å². The minimum absolute atomic E-state index is 0.246. The first-order valence-electron chi connectivity index (χ1n) is 7.45. The predicted octanol–water partition coefficient (Wildman–Crippen LogP) is 4.93. The molecule has 0 saturated heterocycles. The van der Waals surface area contributed by atoms with Crippen molar-refractivity contribution < 1.29 is 4.39 Å². The van der Waals surface area contributed by atoms with Crippen LogP contribution in [0, 0.1) is 12.7 Å². The lowest BCUT2D eigenvalue weighted by Gasteiger charge is -2.10. The third-order valence-corrected chi connectivity index (χ3v) is 3.56. The molecule has 1 aromatic heterocycles. The maximum Gasteiger partial charge on any atom is 0.229 e. The van der Waals surface area contributed by atoms with E-state index in [1.807, 2.05) is 25.1 Å². The Morgan fingerprint density at radius 2 is 1.83 bits per heavy atom.